The molecule has 0 saturated carbocycles. The van der Waals surface area contributed by atoms with Crippen LogP contribution in [0.5, 0.6) is 0 Å². The largest absolute Gasteiger partial charge is 0.384 e. The molecular weight excluding hydrogens is 304 g/mol. The maximum atomic E-state index is 12.3. The number of carbonyl (C=O) groups is 2. The van der Waals surface area contributed by atoms with E-state index in [1.165, 1.54) is 0 Å². The van der Waals surface area contributed by atoms with Crippen LogP contribution in [-0.4, -0.2) is 43.5 Å². The van der Waals surface area contributed by atoms with Gasteiger partial charge in [0, 0.05) is 20.2 Å². The zero-order valence-electron chi connectivity index (χ0n) is 12.9. The maximum Gasteiger partial charge on any atom is 0.313 e. The van der Waals surface area contributed by atoms with Crippen molar-refractivity contribution in [2.75, 3.05) is 32.1 Å². The van der Waals surface area contributed by atoms with Crippen LogP contribution in [-0.2, 0) is 14.3 Å². The third kappa shape index (κ3) is 4.21. The van der Waals surface area contributed by atoms with Crippen molar-refractivity contribution in [3.05, 3.63) is 28.8 Å². The zero-order chi connectivity index (χ0) is 16.1. The number of methoxy groups -OCH3 is 1. The van der Waals surface area contributed by atoms with E-state index in [2.05, 4.69) is 5.32 Å². The van der Waals surface area contributed by atoms with Crippen molar-refractivity contribution in [3.63, 3.8) is 0 Å². The number of hydrogen-bond acceptors (Lipinski definition) is 3. The van der Waals surface area contributed by atoms with E-state index in [0.29, 0.717) is 36.3 Å². The third-order valence-corrected chi connectivity index (χ3v) is 4.09. The van der Waals surface area contributed by atoms with Crippen LogP contribution in [0.2, 0.25) is 5.02 Å². The fraction of sp³-hybridized carbons (Fsp3) is 0.500. The van der Waals surface area contributed by atoms with Crippen molar-refractivity contribution in [2.45, 2.75) is 19.8 Å². The summed E-state index contributed by atoms with van der Waals surface area (Å²) in [5.41, 5.74) is 1.45. The second kappa shape index (κ2) is 7.61. The Morgan fingerprint density at radius 2 is 2.23 bits per heavy atom. The highest BCUT2D eigenvalue weighted by Gasteiger charge is 2.28. The first-order chi connectivity index (χ1) is 10.5. The van der Waals surface area contributed by atoms with E-state index in [1.807, 2.05) is 13.0 Å². The van der Waals surface area contributed by atoms with Gasteiger partial charge in [-0.05, 0) is 43.4 Å². The second-order valence-corrected chi connectivity index (χ2v) is 6.06. The van der Waals surface area contributed by atoms with Crippen molar-refractivity contribution in [2.24, 2.45) is 5.92 Å². The Morgan fingerprint density at radius 1 is 1.45 bits per heavy atom. The Labute approximate surface area is 135 Å². The average Bonchev–Trinajstić information content (AvgIpc) is 2.50. The van der Waals surface area contributed by atoms with Crippen molar-refractivity contribution in [1.29, 1.82) is 0 Å². The van der Waals surface area contributed by atoms with E-state index in [4.69, 9.17) is 16.3 Å². The number of carbonyl (C=O) groups excluding carboxylic acids is 2. The standard InChI is InChI=1S/C16H21ClN2O3/c1-11-5-6-14(13(17)8-11)18-15(20)16(21)19-7-3-4-12(9-19)10-22-2/h5-6,8,12H,3-4,7,9-10H2,1-2H3,(H,18,20)/t12-/m1/s1. The lowest BCUT2D eigenvalue weighted by atomic mass is 9.99. The quantitative estimate of drug-likeness (QED) is 0.869. The smallest absolute Gasteiger partial charge is 0.313 e. The van der Waals surface area contributed by atoms with Gasteiger partial charge in [-0.25, -0.2) is 0 Å². The first-order valence-corrected chi connectivity index (χ1v) is 7.74. The Balaban J connectivity index is 1.98. The van der Waals surface area contributed by atoms with Gasteiger partial charge in [-0.1, -0.05) is 17.7 Å². The lowest BCUT2D eigenvalue weighted by Gasteiger charge is -2.31. The van der Waals surface area contributed by atoms with Gasteiger partial charge in [0.1, 0.15) is 0 Å². The van der Waals surface area contributed by atoms with Crippen molar-refractivity contribution in [3.8, 4) is 0 Å². The molecule has 1 heterocycles. The summed E-state index contributed by atoms with van der Waals surface area (Å²) in [4.78, 5) is 26.0. The van der Waals surface area contributed by atoms with E-state index in [9.17, 15) is 9.59 Å². The molecule has 1 aliphatic heterocycles. The average molecular weight is 325 g/mol. The number of nitrogens with zero attached hydrogens (tertiary/aromatic N) is 1. The fourth-order valence-electron chi connectivity index (χ4n) is 2.66. The summed E-state index contributed by atoms with van der Waals surface area (Å²) in [5, 5.41) is 3.02. The summed E-state index contributed by atoms with van der Waals surface area (Å²) in [5.74, 6) is -0.875. The molecule has 0 unspecified atom stereocenters. The molecule has 1 aliphatic rings. The highest BCUT2D eigenvalue weighted by molar-refractivity contribution is 6.41. The van der Waals surface area contributed by atoms with Gasteiger partial charge < -0.3 is 15.0 Å². The number of amides is 2. The summed E-state index contributed by atoms with van der Waals surface area (Å²) < 4.78 is 5.14. The summed E-state index contributed by atoms with van der Waals surface area (Å²) in [6.07, 6.45) is 1.90. The molecule has 1 atom stereocenters. The Morgan fingerprint density at radius 3 is 2.91 bits per heavy atom. The molecule has 1 fully saturated rings. The molecule has 1 aromatic carbocycles. The first-order valence-electron chi connectivity index (χ1n) is 7.36. The van der Waals surface area contributed by atoms with Crippen molar-refractivity contribution in [1.82, 2.24) is 4.90 Å². The van der Waals surface area contributed by atoms with Crippen LogP contribution < -0.4 is 5.32 Å². The van der Waals surface area contributed by atoms with Gasteiger partial charge >= 0.3 is 11.8 Å². The minimum atomic E-state index is -0.649. The minimum Gasteiger partial charge on any atom is -0.384 e. The molecule has 2 amide bonds. The molecule has 1 saturated heterocycles. The zero-order valence-corrected chi connectivity index (χ0v) is 13.7. The predicted molar refractivity (Wildman–Crippen MR) is 86.0 cm³/mol. The van der Waals surface area contributed by atoms with Crippen LogP contribution in [0.1, 0.15) is 18.4 Å². The first kappa shape index (κ1) is 16.8. The molecule has 5 nitrogen and oxygen atoms in total. The third-order valence-electron chi connectivity index (χ3n) is 3.78. The molecule has 0 bridgehead atoms. The topological polar surface area (TPSA) is 58.6 Å². The summed E-state index contributed by atoms with van der Waals surface area (Å²) in [7, 11) is 1.65. The molecule has 120 valence electrons. The lowest BCUT2D eigenvalue weighted by Crippen LogP contribution is -2.46. The predicted octanol–water partition coefficient (Wildman–Crippen LogP) is 2.47. The molecule has 0 spiro atoms. The van der Waals surface area contributed by atoms with E-state index < -0.39 is 11.8 Å². The fourth-order valence-corrected chi connectivity index (χ4v) is 2.94. The number of nitrogens with one attached hydrogen (secondary N) is 1. The number of rotatable bonds is 3. The van der Waals surface area contributed by atoms with Gasteiger partial charge in [0.2, 0.25) is 0 Å². The summed E-state index contributed by atoms with van der Waals surface area (Å²) in [6.45, 7) is 3.68. The summed E-state index contributed by atoms with van der Waals surface area (Å²) in [6, 6.07) is 5.28. The number of hydrogen-bond donors (Lipinski definition) is 1. The minimum absolute atomic E-state index is 0.290. The van der Waals surface area contributed by atoms with Crippen LogP contribution >= 0.6 is 11.6 Å². The number of likely N-dealkylation sites (tertiary alicyclic amines) is 1. The molecule has 0 aromatic heterocycles. The highest BCUT2D eigenvalue weighted by Crippen LogP contribution is 2.23. The van der Waals surface area contributed by atoms with Crippen LogP contribution in [0.4, 0.5) is 5.69 Å². The number of ether oxygens (including phenoxy) is 1. The molecule has 6 heteroatoms. The lowest BCUT2D eigenvalue weighted by molar-refractivity contribution is -0.144. The molecule has 1 N–H and O–H groups in total. The van der Waals surface area contributed by atoms with Gasteiger partial charge in [-0.2, -0.15) is 0 Å². The van der Waals surface area contributed by atoms with Crippen molar-refractivity contribution >= 4 is 29.1 Å². The molecule has 1 aromatic rings. The van der Waals surface area contributed by atoms with Crippen molar-refractivity contribution < 1.29 is 14.3 Å². The van der Waals surface area contributed by atoms with E-state index in [-0.39, 0.29) is 0 Å². The normalized spacial score (nSPS) is 18.1. The van der Waals surface area contributed by atoms with E-state index in [0.717, 1.165) is 18.4 Å². The van der Waals surface area contributed by atoms with Gasteiger partial charge in [0.15, 0.2) is 0 Å². The van der Waals surface area contributed by atoms with Crippen LogP contribution in [0.3, 0.4) is 0 Å². The van der Waals surface area contributed by atoms with Gasteiger partial charge in [-0.15, -0.1) is 0 Å². The Kier molecular flexibility index (Phi) is 5.80. The van der Waals surface area contributed by atoms with Crippen LogP contribution in [0.25, 0.3) is 0 Å². The molecule has 2 rings (SSSR count). The number of aryl methyl sites for hydroxylation is 1. The van der Waals surface area contributed by atoms with Gasteiger partial charge in [-0.3, -0.25) is 9.59 Å². The molecular formula is C16H21ClN2O3. The maximum absolute atomic E-state index is 12.3. The molecule has 0 aliphatic carbocycles. The molecule has 22 heavy (non-hydrogen) atoms. The number of benzene rings is 1. The molecule has 0 radical (unpaired) electrons. The SMILES string of the molecule is COC[C@@H]1CCCN(C(=O)C(=O)Nc2ccc(C)cc2Cl)C1. The van der Waals surface area contributed by atoms with Crippen LogP contribution in [0.15, 0.2) is 18.2 Å². The Bertz CT molecular complexity index is 560. The highest BCUT2D eigenvalue weighted by atomic mass is 35.5. The van der Waals surface area contributed by atoms with Crippen LogP contribution in [0, 0.1) is 12.8 Å². The van der Waals surface area contributed by atoms with E-state index in [1.54, 1.807) is 24.1 Å². The number of piperidine rings is 1. The van der Waals surface area contributed by atoms with Gasteiger partial charge in [0.25, 0.3) is 0 Å². The summed E-state index contributed by atoms with van der Waals surface area (Å²) >= 11 is 6.07. The monoisotopic (exact) mass is 324 g/mol. The van der Waals surface area contributed by atoms with E-state index >= 15 is 0 Å². The Hall–Kier alpha value is -1.59. The number of halogens is 1. The number of anilines is 1. The van der Waals surface area contributed by atoms with Gasteiger partial charge in [0.05, 0.1) is 17.3 Å². The second-order valence-electron chi connectivity index (χ2n) is 5.65.